The fourth-order valence-electron chi connectivity index (χ4n) is 6.25. The summed E-state index contributed by atoms with van der Waals surface area (Å²) in [5.74, 6) is 1.68. The molecule has 1 atom stereocenters. The van der Waals surface area contributed by atoms with Gasteiger partial charge in [-0.2, -0.15) is 0 Å². The fraction of sp³-hybridized carbons (Fsp3) is 0.268. The van der Waals surface area contributed by atoms with Crippen molar-refractivity contribution < 1.29 is 4.74 Å². The summed E-state index contributed by atoms with van der Waals surface area (Å²) in [5, 5.41) is 7.15. The Labute approximate surface area is 280 Å². The van der Waals surface area contributed by atoms with E-state index in [0.29, 0.717) is 0 Å². The summed E-state index contributed by atoms with van der Waals surface area (Å²) < 4.78 is 6.05. The Morgan fingerprint density at radius 2 is 1.83 bits per heavy atom. The minimum absolute atomic E-state index is 0.0684. The molecular weight excluding hydrogens is 578 g/mol. The molecule has 1 saturated heterocycles. The zero-order valence-corrected chi connectivity index (χ0v) is 28.4. The van der Waals surface area contributed by atoms with E-state index in [-0.39, 0.29) is 5.92 Å². The summed E-state index contributed by atoms with van der Waals surface area (Å²) in [6, 6.07) is 14.7. The van der Waals surface area contributed by atoms with E-state index in [4.69, 9.17) is 9.72 Å². The van der Waals surface area contributed by atoms with Gasteiger partial charge in [-0.1, -0.05) is 74.7 Å². The summed E-state index contributed by atoms with van der Waals surface area (Å²) >= 11 is 0. The van der Waals surface area contributed by atoms with Crippen LogP contribution >= 0.6 is 0 Å². The van der Waals surface area contributed by atoms with Crippen molar-refractivity contribution >= 4 is 29.0 Å². The van der Waals surface area contributed by atoms with Crippen molar-refractivity contribution in [2.75, 3.05) is 30.8 Å². The lowest BCUT2D eigenvalue weighted by atomic mass is 9.94. The van der Waals surface area contributed by atoms with E-state index < -0.39 is 0 Å². The van der Waals surface area contributed by atoms with Gasteiger partial charge in [-0.05, 0) is 98.8 Å². The van der Waals surface area contributed by atoms with Crippen molar-refractivity contribution in [3.63, 3.8) is 0 Å². The number of likely N-dealkylation sites (tertiary alicyclic amines) is 1. The van der Waals surface area contributed by atoms with Gasteiger partial charge in [0.05, 0.1) is 24.2 Å². The van der Waals surface area contributed by atoms with Crippen LogP contribution in [0.25, 0.3) is 22.9 Å². The van der Waals surface area contributed by atoms with Crippen LogP contribution in [-0.2, 0) is 6.54 Å². The number of aliphatic imine (C=N–C) groups is 1. The topological polar surface area (TPSA) is 61.8 Å². The predicted octanol–water partition coefficient (Wildman–Crippen LogP) is 9.81. The van der Waals surface area contributed by atoms with Gasteiger partial charge in [0.15, 0.2) is 0 Å². The standard InChI is InChI=1S/C41H47N5O/c1-8-15-34-25-32(27-46-22-11-12-23-46)26-43-39(34)30(6)44-37-18-13-16-35(29(37)5)36-17-14-19-38(40(36)47-7)45-41-28(4)33(20-21-42-41)24-31(9-2)10-3/h8-10,13-21,24-26,28,44H,2,6,11-12,22-23,27H2,1,3-5,7H3,(H,42,45)/b15-8-,31-10-,33-24-. The van der Waals surface area contributed by atoms with E-state index in [9.17, 15) is 0 Å². The monoisotopic (exact) mass is 625 g/mol. The number of aromatic nitrogens is 1. The van der Waals surface area contributed by atoms with Gasteiger partial charge in [0.1, 0.15) is 11.6 Å². The molecule has 47 heavy (non-hydrogen) atoms. The minimum Gasteiger partial charge on any atom is -0.494 e. The molecule has 2 aliphatic rings. The average molecular weight is 626 g/mol. The van der Waals surface area contributed by atoms with E-state index in [0.717, 1.165) is 87.4 Å². The van der Waals surface area contributed by atoms with Crippen molar-refractivity contribution in [1.82, 2.24) is 9.88 Å². The van der Waals surface area contributed by atoms with Gasteiger partial charge in [-0.15, -0.1) is 0 Å². The summed E-state index contributed by atoms with van der Waals surface area (Å²) in [5.41, 5.74) is 11.1. The maximum atomic E-state index is 6.05. The number of nitrogens with one attached hydrogen (secondary N) is 2. The number of hydrogen-bond acceptors (Lipinski definition) is 6. The molecule has 0 saturated carbocycles. The maximum Gasteiger partial charge on any atom is 0.150 e. The second-order valence-electron chi connectivity index (χ2n) is 12.0. The van der Waals surface area contributed by atoms with Crippen molar-refractivity contribution in [2.45, 2.75) is 47.1 Å². The molecule has 0 amide bonds. The number of nitrogens with zero attached hydrogens (tertiary/aromatic N) is 3. The first kappa shape index (κ1) is 33.4. The molecule has 6 heteroatoms. The Balaban J connectivity index is 1.40. The smallest absolute Gasteiger partial charge is 0.150 e. The van der Waals surface area contributed by atoms with Gasteiger partial charge in [0.25, 0.3) is 0 Å². The Kier molecular flexibility index (Phi) is 11.1. The lowest BCUT2D eigenvalue weighted by molar-refractivity contribution is 0.331. The van der Waals surface area contributed by atoms with Gasteiger partial charge in [0, 0.05) is 41.7 Å². The largest absolute Gasteiger partial charge is 0.494 e. The van der Waals surface area contributed by atoms with E-state index in [1.165, 1.54) is 18.4 Å². The van der Waals surface area contributed by atoms with Gasteiger partial charge in [0.2, 0.25) is 0 Å². The fourth-order valence-corrected chi connectivity index (χ4v) is 6.25. The maximum absolute atomic E-state index is 6.05. The Morgan fingerprint density at radius 1 is 1.09 bits per heavy atom. The molecule has 3 heterocycles. The molecule has 6 nitrogen and oxygen atoms in total. The van der Waals surface area contributed by atoms with E-state index in [1.807, 2.05) is 50.5 Å². The van der Waals surface area contributed by atoms with Crippen LogP contribution in [0.15, 0.2) is 115 Å². The van der Waals surface area contributed by atoms with Crippen LogP contribution in [0.4, 0.5) is 11.4 Å². The van der Waals surface area contributed by atoms with Gasteiger partial charge in [-0.3, -0.25) is 9.88 Å². The van der Waals surface area contributed by atoms with E-state index >= 15 is 0 Å². The number of amidine groups is 1. The number of methoxy groups -OCH3 is 1. The lowest BCUT2D eigenvalue weighted by Gasteiger charge is -2.23. The quantitative estimate of drug-likeness (QED) is 0.208. The van der Waals surface area contributed by atoms with Crippen molar-refractivity contribution in [2.24, 2.45) is 10.9 Å². The molecule has 3 aromatic rings. The third kappa shape index (κ3) is 7.72. The average Bonchev–Trinajstić information content (AvgIpc) is 3.59. The molecule has 2 N–H and O–H groups in total. The van der Waals surface area contributed by atoms with Crippen LogP contribution in [-0.4, -0.2) is 35.9 Å². The lowest BCUT2D eigenvalue weighted by Crippen LogP contribution is -2.24. The van der Waals surface area contributed by atoms with E-state index in [1.54, 1.807) is 7.11 Å². The third-order valence-corrected chi connectivity index (χ3v) is 8.90. The molecule has 242 valence electrons. The zero-order chi connectivity index (χ0) is 33.3. The van der Waals surface area contributed by atoms with Crippen LogP contribution in [0.2, 0.25) is 0 Å². The Morgan fingerprint density at radius 3 is 2.53 bits per heavy atom. The number of allylic oxidation sites excluding steroid dienone is 6. The number of para-hydroxylation sites is 1. The molecule has 0 radical (unpaired) electrons. The number of hydrogen-bond donors (Lipinski definition) is 2. The normalized spacial score (nSPS) is 17.6. The highest BCUT2D eigenvalue weighted by Gasteiger charge is 2.21. The molecule has 1 aromatic heterocycles. The number of anilines is 2. The number of ether oxygens (including phenoxy) is 1. The molecule has 2 aliphatic heterocycles. The molecule has 1 unspecified atom stereocenters. The molecule has 2 aromatic carbocycles. The van der Waals surface area contributed by atoms with Crippen LogP contribution in [0.1, 0.15) is 56.0 Å². The number of rotatable bonds is 11. The Bertz CT molecular complexity index is 1790. The molecule has 0 aliphatic carbocycles. The molecular formula is C41H47N5O. The van der Waals surface area contributed by atoms with Crippen LogP contribution in [0, 0.1) is 12.8 Å². The highest BCUT2D eigenvalue weighted by molar-refractivity contribution is 6.02. The molecule has 1 fully saturated rings. The summed E-state index contributed by atoms with van der Waals surface area (Å²) in [4.78, 5) is 12.1. The van der Waals surface area contributed by atoms with Gasteiger partial charge < -0.3 is 15.4 Å². The Hall–Kier alpha value is -4.94. The zero-order valence-electron chi connectivity index (χ0n) is 28.4. The van der Waals surface area contributed by atoms with Crippen LogP contribution in [0.5, 0.6) is 5.75 Å². The summed E-state index contributed by atoms with van der Waals surface area (Å²) in [6.07, 6.45) is 18.7. The number of pyridine rings is 1. The summed E-state index contributed by atoms with van der Waals surface area (Å²) in [6.45, 7) is 19.9. The van der Waals surface area contributed by atoms with E-state index in [2.05, 4.69) is 102 Å². The second-order valence-corrected chi connectivity index (χ2v) is 12.0. The van der Waals surface area contributed by atoms with Crippen molar-refractivity contribution in [3.05, 3.63) is 132 Å². The highest BCUT2D eigenvalue weighted by atomic mass is 16.5. The number of benzene rings is 2. The van der Waals surface area contributed by atoms with Crippen molar-refractivity contribution in [3.8, 4) is 16.9 Å². The van der Waals surface area contributed by atoms with Gasteiger partial charge in [-0.25, -0.2) is 4.99 Å². The molecule has 0 spiro atoms. The third-order valence-electron chi connectivity index (χ3n) is 8.90. The van der Waals surface area contributed by atoms with Crippen LogP contribution < -0.4 is 15.4 Å². The van der Waals surface area contributed by atoms with Crippen molar-refractivity contribution in [1.29, 1.82) is 0 Å². The first-order chi connectivity index (χ1) is 22.9. The molecule has 0 bridgehead atoms. The predicted molar refractivity (Wildman–Crippen MR) is 201 cm³/mol. The second kappa shape index (κ2) is 15.6. The first-order valence-electron chi connectivity index (χ1n) is 16.5. The molecule has 5 rings (SSSR count). The summed E-state index contributed by atoms with van der Waals surface area (Å²) in [7, 11) is 1.71. The SMILES string of the molecule is C=CC(=C/C)/C=C1/C=CN=C(Nc2cccc(-c3cccc(NC(=C)c4ncc(CN5CCCC5)cc4/C=C\C)c3C)c2OC)C1C. The highest BCUT2D eigenvalue weighted by Crippen LogP contribution is 2.40. The first-order valence-corrected chi connectivity index (χ1v) is 16.5. The van der Waals surface area contributed by atoms with Gasteiger partial charge >= 0.3 is 0 Å². The minimum atomic E-state index is 0.0684. The van der Waals surface area contributed by atoms with Crippen LogP contribution in [0.3, 0.4) is 0 Å².